The average molecular weight is 580 g/mol. The van der Waals surface area contributed by atoms with Gasteiger partial charge in [-0.25, -0.2) is 9.48 Å². The Morgan fingerprint density at radius 3 is 2.50 bits per heavy atom. The highest BCUT2D eigenvalue weighted by atomic mass is 19.4. The number of fused-ring (bicyclic) bond motifs is 1. The van der Waals surface area contributed by atoms with Crippen molar-refractivity contribution in [1.82, 2.24) is 14.3 Å². The second-order valence-electron chi connectivity index (χ2n) is 10.1. The molecule has 0 aliphatic heterocycles. The predicted molar refractivity (Wildman–Crippen MR) is 150 cm³/mol. The van der Waals surface area contributed by atoms with Crippen molar-refractivity contribution in [3.63, 3.8) is 0 Å². The number of carbonyl (C=O) groups is 1. The Labute approximate surface area is 239 Å². The summed E-state index contributed by atoms with van der Waals surface area (Å²) < 4.78 is 57.7. The molecule has 0 saturated carbocycles. The van der Waals surface area contributed by atoms with E-state index < -0.39 is 12.5 Å². The summed E-state index contributed by atoms with van der Waals surface area (Å²) in [7, 11) is 1.81. The van der Waals surface area contributed by atoms with E-state index in [2.05, 4.69) is 9.84 Å². The Bertz CT molecular complexity index is 1770. The van der Waals surface area contributed by atoms with Crippen molar-refractivity contribution in [2.45, 2.75) is 39.7 Å². The summed E-state index contributed by atoms with van der Waals surface area (Å²) >= 11 is 0. The lowest BCUT2D eigenvalue weighted by Crippen LogP contribution is -2.19. The van der Waals surface area contributed by atoms with Crippen LogP contribution in [0.1, 0.15) is 36.6 Å². The topological polar surface area (TPSA) is 87.7 Å². The van der Waals surface area contributed by atoms with E-state index in [9.17, 15) is 18.0 Å². The third-order valence-corrected chi connectivity index (χ3v) is 6.88. The van der Waals surface area contributed by atoms with Crippen LogP contribution >= 0.6 is 0 Å². The van der Waals surface area contributed by atoms with Gasteiger partial charge in [-0.2, -0.15) is 5.10 Å². The van der Waals surface area contributed by atoms with Gasteiger partial charge in [-0.3, -0.25) is 0 Å². The molecule has 11 heteroatoms. The second-order valence-corrected chi connectivity index (χ2v) is 10.1. The van der Waals surface area contributed by atoms with Crippen molar-refractivity contribution < 1.29 is 37.3 Å². The number of ether oxygens (including phenoxy) is 3. The third-order valence-electron chi connectivity index (χ3n) is 6.88. The maximum absolute atomic E-state index is 13.1. The monoisotopic (exact) mass is 579 g/mol. The van der Waals surface area contributed by atoms with E-state index in [1.165, 1.54) is 22.9 Å². The van der Waals surface area contributed by atoms with Gasteiger partial charge in [0.05, 0.1) is 17.4 Å². The number of hydrogen-bond donors (Lipinski definition) is 1. The maximum Gasteiger partial charge on any atom is 0.573 e. The lowest BCUT2D eigenvalue weighted by molar-refractivity contribution is -0.274. The van der Waals surface area contributed by atoms with Crippen LogP contribution in [0, 0.1) is 6.92 Å². The van der Waals surface area contributed by atoms with Crippen molar-refractivity contribution >= 4 is 17.1 Å². The number of nitrogens with zero attached hydrogens (tertiary/aromatic N) is 3. The van der Waals surface area contributed by atoms with E-state index in [0.717, 1.165) is 27.8 Å². The third kappa shape index (κ3) is 5.90. The zero-order chi connectivity index (χ0) is 30.2. The van der Waals surface area contributed by atoms with Crippen molar-refractivity contribution in [3.05, 3.63) is 89.9 Å². The highest BCUT2D eigenvalue weighted by molar-refractivity contribution is 5.92. The van der Waals surface area contributed by atoms with Crippen molar-refractivity contribution in [2.75, 3.05) is 0 Å². The number of hydrogen-bond acceptors (Lipinski definition) is 5. The largest absolute Gasteiger partial charge is 0.573 e. The molecule has 0 radical (unpaired) electrons. The molecule has 0 spiro atoms. The van der Waals surface area contributed by atoms with Crippen LogP contribution in [0.3, 0.4) is 0 Å². The van der Waals surface area contributed by atoms with Gasteiger partial charge in [0.25, 0.3) is 0 Å². The predicted octanol–water partition coefficient (Wildman–Crippen LogP) is 8.00. The molecule has 218 valence electrons. The van der Waals surface area contributed by atoms with E-state index in [0.29, 0.717) is 16.8 Å². The van der Waals surface area contributed by atoms with Gasteiger partial charge in [0.1, 0.15) is 18.0 Å². The average Bonchev–Trinajstić information content (AvgIpc) is 3.47. The number of benzene rings is 3. The minimum absolute atomic E-state index is 0.0472. The van der Waals surface area contributed by atoms with Crippen LogP contribution in [-0.4, -0.2) is 32.0 Å². The van der Waals surface area contributed by atoms with Crippen LogP contribution in [0.2, 0.25) is 0 Å². The zero-order valence-electron chi connectivity index (χ0n) is 23.3. The fraction of sp³-hybridized carbons (Fsp3) is 0.226. The summed E-state index contributed by atoms with van der Waals surface area (Å²) in [5.74, 6) is 0.530. The van der Waals surface area contributed by atoms with Gasteiger partial charge in [-0.15, -0.1) is 13.2 Å². The molecular weight excluding hydrogens is 551 g/mol. The van der Waals surface area contributed by atoms with Gasteiger partial charge in [-0.05, 0) is 71.5 Å². The van der Waals surface area contributed by atoms with Gasteiger partial charge < -0.3 is 23.9 Å². The number of aryl methyl sites for hydroxylation is 2. The first-order valence-corrected chi connectivity index (χ1v) is 13.1. The summed E-state index contributed by atoms with van der Waals surface area (Å²) in [5, 5.41) is 14.1. The molecule has 0 fully saturated rings. The van der Waals surface area contributed by atoms with Crippen molar-refractivity contribution in [2.24, 2.45) is 7.05 Å². The molecule has 0 bridgehead atoms. The Morgan fingerprint density at radius 2 is 1.81 bits per heavy atom. The fourth-order valence-electron chi connectivity index (χ4n) is 4.96. The minimum atomic E-state index is -4.85. The minimum Gasteiger partial charge on any atom is -0.487 e. The lowest BCUT2D eigenvalue weighted by Gasteiger charge is -2.17. The Kier molecular flexibility index (Phi) is 7.59. The first kappa shape index (κ1) is 28.6. The summed E-state index contributed by atoms with van der Waals surface area (Å²) in [6.07, 6.45) is -2.97. The van der Waals surface area contributed by atoms with Gasteiger partial charge in [0.15, 0.2) is 11.5 Å². The lowest BCUT2D eigenvalue weighted by atomic mass is 9.99. The van der Waals surface area contributed by atoms with E-state index in [1.807, 2.05) is 64.2 Å². The van der Waals surface area contributed by atoms with Gasteiger partial charge in [0.2, 0.25) is 0 Å². The number of carboxylic acid groups (broad SMARTS) is 1. The molecule has 0 saturated heterocycles. The molecule has 0 aliphatic carbocycles. The number of rotatable bonds is 8. The first-order valence-electron chi connectivity index (χ1n) is 13.1. The molecule has 2 aromatic heterocycles. The summed E-state index contributed by atoms with van der Waals surface area (Å²) in [4.78, 5) is 11.0. The standard InChI is InChI=1S/C31H28F3N3O5/c1-18(2)24-15-35-37(25-7-5-6-8-28(25)42-31(32,33)34)27(24)17-40-21-10-12-22(19(3)13-21)20-9-11-23-26(14-20)36(4)16-29(23)41-30(38)39/h5-16,18H,17H2,1-4H3,(H,38,39). The molecule has 0 unspecified atom stereocenters. The molecule has 0 atom stereocenters. The smallest absolute Gasteiger partial charge is 0.487 e. The van der Waals surface area contributed by atoms with Crippen LogP contribution in [-0.2, 0) is 13.7 Å². The summed E-state index contributed by atoms with van der Waals surface area (Å²) in [5.41, 5.74) is 5.23. The molecule has 5 rings (SSSR count). The molecule has 0 aliphatic rings. The number of halogens is 3. The quantitative estimate of drug-likeness (QED) is 0.188. The molecule has 1 N–H and O–H groups in total. The number of alkyl halides is 3. The summed E-state index contributed by atoms with van der Waals surface area (Å²) in [6.45, 7) is 5.96. The fourth-order valence-corrected chi connectivity index (χ4v) is 4.96. The van der Waals surface area contributed by atoms with Gasteiger partial charge in [0, 0.05) is 18.6 Å². The highest BCUT2D eigenvalue weighted by Gasteiger charge is 2.33. The summed E-state index contributed by atoms with van der Waals surface area (Å²) in [6, 6.07) is 17.2. The Morgan fingerprint density at radius 1 is 1.05 bits per heavy atom. The maximum atomic E-state index is 13.1. The number of para-hydroxylation sites is 2. The van der Waals surface area contributed by atoms with Crippen LogP contribution in [0.25, 0.3) is 27.7 Å². The molecule has 0 amide bonds. The van der Waals surface area contributed by atoms with Crippen LogP contribution in [0.5, 0.6) is 17.2 Å². The molecule has 42 heavy (non-hydrogen) atoms. The Hall–Kier alpha value is -4.93. The molecule has 2 heterocycles. The van der Waals surface area contributed by atoms with E-state index in [-0.39, 0.29) is 29.7 Å². The van der Waals surface area contributed by atoms with Crippen LogP contribution in [0.4, 0.5) is 18.0 Å². The second kappa shape index (κ2) is 11.2. The normalized spacial score (nSPS) is 11.7. The molecule has 3 aromatic carbocycles. The first-order chi connectivity index (χ1) is 19.9. The van der Waals surface area contributed by atoms with E-state index >= 15 is 0 Å². The van der Waals surface area contributed by atoms with E-state index in [4.69, 9.17) is 14.6 Å². The van der Waals surface area contributed by atoms with Gasteiger partial charge >= 0.3 is 12.5 Å². The molecule has 8 nitrogen and oxygen atoms in total. The molecule has 5 aromatic rings. The van der Waals surface area contributed by atoms with Crippen molar-refractivity contribution in [3.8, 4) is 34.1 Å². The van der Waals surface area contributed by atoms with Crippen LogP contribution < -0.4 is 14.2 Å². The number of aromatic nitrogens is 3. The van der Waals surface area contributed by atoms with Crippen LogP contribution in [0.15, 0.2) is 73.1 Å². The van der Waals surface area contributed by atoms with E-state index in [1.54, 1.807) is 23.0 Å². The van der Waals surface area contributed by atoms with Crippen molar-refractivity contribution in [1.29, 1.82) is 0 Å². The zero-order valence-corrected chi connectivity index (χ0v) is 23.3. The van der Waals surface area contributed by atoms with Gasteiger partial charge in [-0.1, -0.05) is 38.1 Å². The SMILES string of the molecule is Cc1cc(OCc2c(C(C)C)cnn2-c2ccccc2OC(F)(F)F)ccc1-c1ccc2c(OC(=O)O)cn(C)c2c1. The highest BCUT2D eigenvalue weighted by Crippen LogP contribution is 2.35. The Balaban J connectivity index is 1.42. The molecular formula is C31H28F3N3O5.